The highest BCUT2D eigenvalue weighted by Crippen LogP contribution is 2.50. The molecule has 0 fully saturated rings. The fourth-order valence-corrected chi connectivity index (χ4v) is 5.10. The van der Waals surface area contributed by atoms with Crippen molar-refractivity contribution < 1.29 is 9.66 Å². The molecule has 0 amide bonds. The van der Waals surface area contributed by atoms with Crippen LogP contribution in [0.5, 0.6) is 5.75 Å². The summed E-state index contributed by atoms with van der Waals surface area (Å²) in [6, 6.07) is 16.6. The quantitative estimate of drug-likeness (QED) is 0.323. The Labute approximate surface area is 193 Å². The van der Waals surface area contributed by atoms with Crippen LogP contribution in [0.25, 0.3) is 11.1 Å². The second-order valence-corrected chi connectivity index (χ2v) is 9.52. The first-order valence-electron chi connectivity index (χ1n) is 10.7. The Morgan fingerprint density at radius 2 is 1.88 bits per heavy atom. The zero-order chi connectivity index (χ0) is 23.0. The molecule has 0 aliphatic carbocycles. The predicted molar refractivity (Wildman–Crippen MR) is 130 cm³/mol. The minimum Gasteiger partial charge on any atom is -0.482 e. The molecule has 1 heterocycles. The fourth-order valence-electron chi connectivity index (χ4n) is 4.66. The second kappa shape index (κ2) is 8.47. The van der Waals surface area contributed by atoms with Crippen molar-refractivity contribution in [1.29, 1.82) is 0 Å². The number of nitrogens with one attached hydrogen (secondary N) is 1. The van der Waals surface area contributed by atoms with Crippen LogP contribution in [0.1, 0.15) is 49.8 Å². The summed E-state index contributed by atoms with van der Waals surface area (Å²) in [5, 5.41) is 16.0. The lowest BCUT2D eigenvalue weighted by atomic mass is 9.79. The number of nitrogens with zero attached hydrogens (tertiary/aromatic N) is 1. The molecule has 4 rings (SSSR count). The molecule has 3 aromatic carbocycles. The lowest BCUT2D eigenvalue weighted by molar-refractivity contribution is -0.385. The second-order valence-electron chi connectivity index (χ2n) is 9.14. The summed E-state index contributed by atoms with van der Waals surface area (Å²) in [6.45, 7) is 8.82. The molecule has 0 bridgehead atoms. The first kappa shape index (κ1) is 22.2. The summed E-state index contributed by atoms with van der Waals surface area (Å²) in [5.74, 6) is 0.485. The summed E-state index contributed by atoms with van der Waals surface area (Å²) < 4.78 is 6.05. The number of anilines is 1. The van der Waals surface area contributed by atoms with Gasteiger partial charge in [0.25, 0.3) is 0 Å². The van der Waals surface area contributed by atoms with Gasteiger partial charge >= 0.3 is 5.69 Å². The van der Waals surface area contributed by atoms with Crippen LogP contribution in [-0.2, 0) is 6.61 Å². The molecule has 0 saturated carbocycles. The zero-order valence-electron chi connectivity index (χ0n) is 18.7. The largest absolute Gasteiger partial charge is 0.482 e. The van der Waals surface area contributed by atoms with Crippen molar-refractivity contribution in [3.05, 3.63) is 86.4 Å². The Balaban J connectivity index is 1.85. The van der Waals surface area contributed by atoms with E-state index in [1.165, 1.54) is 6.07 Å². The average molecular weight is 451 g/mol. The lowest BCUT2D eigenvalue weighted by Gasteiger charge is -2.39. The van der Waals surface area contributed by atoms with Crippen molar-refractivity contribution in [2.75, 3.05) is 5.32 Å². The third-order valence-corrected chi connectivity index (χ3v) is 6.38. The maximum absolute atomic E-state index is 11.8. The number of hydrogen-bond donors (Lipinski definition) is 1. The van der Waals surface area contributed by atoms with Crippen molar-refractivity contribution in [1.82, 2.24) is 0 Å². The molecule has 32 heavy (non-hydrogen) atoms. The van der Waals surface area contributed by atoms with Gasteiger partial charge in [-0.25, -0.2) is 0 Å². The van der Waals surface area contributed by atoms with Gasteiger partial charge < -0.3 is 10.1 Å². The standard InChI is InChI=1S/C26H27ClN2O3/c1-16-13-20(23(27)22-17(2)14-26(3,4)28-24(16)22)19-11-8-12-21(29(30)31)25(19)32-15-18-9-6-5-7-10-18/h5-13,17,28H,14-15H2,1-4H3. The molecule has 0 saturated heterocycles. The number of hydrogen-bond acceptors (Lipinski definition) is 4. The van der Waals surface area contributed by atoms with Crippen LogP contribution in [-0.4, -0.2) is 10.5 Å². The molecule has 6 heteroatoms. The van der Waals surface area contributed by atoms with E-state index in [9.17, 15) is 10.1 Å². The van der Waals surface area contributed by atoms with E-state index in [1.807, 2.05) is 49.4 Å². The highest BCUT2D eigenvalue weighted by Gasteiger charge is 2.33. The van der Waals surface area contributed by atoms with Crippen LogP contribution >= 0.6 is 11.6 Å². The van der Waals surface area contributed by atoms with Gasteiger partial charge in [0, 0.05) is 28.4 Å². The summed E-state index contributed by atoms with van der Waals surface area (Å²) in [5.41, 5.74) is 5.38. The molecule has 1 aliphatic heterocycles. The maximum Gasteiger partial charge on any atom is 0.311 e. The van der Waals surface area contributed by atoms with Gasteiger partial charge in [-0.3, -0.25) is 10.1 Å². The SMILES string of the molecule is Cc1cc(-c2cccc([N+](=O)[O-])c2OCc2ccccc2)c(Cl)c2c1NC(C)(C)CC2C. The normalized spacial score (nSPS) is 16.7. The maximum atomic E-state index is 11.8. The van der Waals surface area contributed by atoms with Crippen LogP contribution in [0.15, 0.2) is 54.6 Å². The smallest absolute Gasteiger partial charge is 0.311 e. The highest BCUT2D eigenvalue weighted by atomic mass is 35.5. The van der Waals surface area contributed by atoms with Gasteiger partial charge in [0.1, 0.15) is 6.61 Å². The average Bonchev–Trinajstić information content (AvgIpc) is 2.74. The first-order chi connectivity index (χ1) is 15.2. The van der Waals surface area contributed by atoms with Crippen molar-refractivity contribution in [3.8, 4) is 16.9 Å². The molecule has 3 aromatic rings. The first-order valence-corrected chi connectivity index (χ1v) is 11.1. The molecule has 1 N–H and O–H groups in total. The Morgan fingerprint density at radius 1 is 1.16 bits per heavy atom. The molecular formula is C26H27ClN2O3. The van der Waals surface area contributed by atoms with E-state index in [-0.39, 0.29) is 29.5 Å². The van der Waals surface area contributed by atoms with Gasteiger partial charge in [0.15, 0.2) is 0 Å². The van der Waals surface area contributed by atoms with E-state index < -0.39 is 4.92 Å². The molecule has 0 radical (unpaired) electrons. The third-order valence-electron chi connectivity index (χ3n) is 5.98. The van der Waals surface area contributed by atoms with Crippen LogP contribution in [0.3, 0.4) is 0 Å². The number of nitro benzene ring substituents is 1. The van der Waals surface area contributed by atoms with Crippen molar-refractivity contribution >= 4 is 23.0 Å². The highest BCUT2D eigenvalue weighted by molar-refractivity contribution is 6.35. The van der Waals surface area contributed by atoms with Crippen LogP contribution < -0.4 is 10.1 Å². The van der Waals surface area contributed by atoms with E-state index in [2.05, 4.69) is 26.1 Å². The number of para-hydroxylation sites is 1. The number of rotatable bonds is 5. The minimum absolute atomic E-state index is 0.0302. The van der Waals surface area contributed by atoms with E-state index in [0.717, 1.165) is 34.4 Å². The van der Waals surface area contributed by atoms with Gasteiger partial charge in [-0.15, -0.1) is 0 Å². The van der Waals surface area contributed by atoms with Crippen molar-refractivity contribution in [2.45, 2.75) is 52.2 Å². The van der Waals surface area contributed by atoms with Gasteiger partial charge in [-0.1, -0.05) is 61.0 Å². The molecule has 5 nitrogen and oxygen atoms in total. The molecule has 0 spiro atoms. The number of aryl methyl sites for hydroxylation is 1. The molecule has 166 valence electrons. The summed E-state index contributed by atoms with van der Waals surface area (Å²) in [4.78, 5) is 11.4. The minimum atomic E-state index is -0.407. The van der Waals surface area contributed by atoms with Gasteiger partial charge in [0.2, 0.25) is 5.75 Å². The van der Waals surface area contributed by atoms with Crippen LogP contribution in [0.2, 0.25) is 5.02 Å². The predicted octanol–water partition coefficient (Wildman–Crippen LogP) is 7.50. The fraction of sp³-hybridized carbons (Fsp3) is 0.308. The monoisotopic (exact) mass is 450 g/mol. The molecular weight excluding hydrogens is 424 g/mol. The van der Waals surface area contributed by atoms with E-state index in [1.54, 1.807) is 6.07 Å². The Kier molecular flexibility index (Phi) is 5.87. The van der Waals surface area contributed by atoms with Gasteiger partial charge in [-0.05, 0) is 55.9 Å². The number of nitro groups is 1. The Bertz CT molecular complexity index is 1180. The van der Waals surface area contributed by atoms with Gasteiger partial charge in [-0.2, -0.15) is 0 Å². The van der Waals surface area contributed by atoms with Crippen molar-refractivity contribution in [3.63, 3.8) is 0 Å². The van der Waals surface area contributed by atoms with E-state index in [4.69, 9.17) is 16.3 Å². The summed E-state index contributed by atoms with van der Waals surface area (Å²) >= 11 is 6.98. The number of ether oxygens (including phenoxy) is 1. The Hall–Kier alpha value is -3.05. The number of benzene rings is 3. The van der Waals surface area contributed by atoms with Crippen molar-refractivity contribution in [2.24, 2.45) is 0 Å². The molecule has 0 aromatic heterocycles. The number of fused-ring (bicyclic) bond motifs is 1. The summed E-state index contributed by atoms with van der Waals surface area (Å²) in [6.07, 6.45) is 0.939. The van der Waals surface area contributed by atoms with Crippen LogP contribution in [0, 0.1) is 17.0 Å². The van der Waals surface area contributed by atoms with E-state index >= 15 is 0 Å². The summed E-state index contributed by atoms with van der Waals surface area (Å²) in [7, 11) is 0. The molecule has 1 unspecified atom stereocenters. The Morgan fingerprint density at radius 3 is 2.56 bits per heavy atom. The number of halogens is 1. The zero-order valence-corrected chi connectivity index (χ0v) is 19.5. The van der Waals surface area contributed by atoms with E-state index in [0.29, 0.717) is 10.6 Å². The van der Waals surface area contributed by atoms with Gasteiger partial charge in [0.05, 0.1) is 9.95 Å². The van der Waals surface area contributed by atoms with Crippen LogP contribution in [0.4, 0.5) is 11.4 Å². The third kappa shape index (κ3) is 4.17. The molecule has 1 aliphatic rings. The topological polar surface area (TPSA) is 64.4 Å². The molecule has 1 atom stereocenters. The lowest BCUT2D eigenvalue weighted by Crippen LogP contribution is -2.37.